The standard InChI is InChI=1S/C22H36N6.HI/c1-6-23-22(24-12-9-13-28-19(4)14-18(3)26-28)25-16-20-10-8-11-21(15-20)17-27(5)7-2;/h8,10-11,14-15H,6-7,9,12-13,16-17H2,1-5H3,(H2,23,24,25);1H. The van der Waals surface area contributed by atoms with Gasteiger partial charge < -0.3 is 15.5 Å². The number of guanidine groups is 1. The minimum atomic E-state index is 0. The van der Waals surface area contributed by atoms with E-state index >= 15 is 0 Å². The Morgan fingerprint density at radius 2 is 1.90 bits per heavy atom. The van der Waals surface area contributed by atoms with Crippen molar-refractivity contribution in [2.45, 2.75) is 53.8 Å². The fraction of sp³-hybridized carbons (Fsp3) is 0.545. The number of halogens is 1. The molecule has 0 amide bonds. The molecule has 0 aliphatic carbocycles. The van der Waals surface area contributed by atoms with Crippen LogP contribution in [-0.4, -0.2) is 47.3 Å². The highest BCUT2D eigenvalue weighted by atomic mass is 127. The molecule has 0 fully saturated rings. The van der Waals surface area contributed by atoms with Crippen LogP contribution >= 0.6 is 24.0 Å². The molecule has 162 valence electrons. The maximum absolute atomic E-state index is 4.75. The molecule has 0 saturated heterocycles. The Bertz CT molecular complexity index is 756. The van der Waals surface area contributed by atoms with E-state index in [0.717, 1.165) is 50.8 Å². The number of nitrogens with one attached hydrogen (secondary N) is 2. The first-order chi connectivity index (χ1) is 13.5. The van der Waals surface area contributed by atoms with Crippen LogP contribution in [0.15, 0.2) is 35.3 Å². The van der Waals surface area contributed by atoms with Gasteiger partial charge in [0.2, 0.25) is 0 Å². The number of aryl methyl sites for hydroxylation is 3. The molecule has 2 aromatic rings. The summed E-state index contributed by atoms with van der Waals surface area (Å²) in [5, 5.41) is 11.3. The topological polar surface area (TPSA) is 57.5 Å². The van der Waals surface area contributed by atoms with E-state index in [1.165, 1.54) is 16.8 Å². The lowest BCUT2D eigenvalue weighted by molar-refractivity contribution is 0.345. The SMILES string of the molecule is CCNC(=NCc1cccc(CN(C)CC)c1)NCCCn1nc(C)cc1C.I. The van der Waals surface area contributed by atoms with E-state index in [0.29, 0.717) is 6.54 Å². The summed E-state index contributed by atoms with van der Waals surface area (Å²) < 4.78 is 2.07. The zero-order valence-corrected chi connectivity index (χ0v) is 20.9. The lowest BCUT2D eigenvalue weighted by Gasteiger charge is -2.14. The number of nitrogens with zero attached hydrogens (tertiary/aromatic N) is 4. The molecule has 2 N–H and O–H groups in total. The van der Waals surface area contributed by atoms with Crippen molar-refractivity contribution in [3.8, 4) is 0 Å². The predicted octanol–water partition coefficient (Wildman–Crippen LogP) is 3.72. The minimum Gasteiger partial charge on any atom is -0.357 e. The molecular formula is C22H37IN6. The van der Waals surface area contributed by atoms with Gasteiger partial charge in [-0.15, -0.1) is 24.0 Å². The molecule has 0 aliphatic rings. The molecule has 1 heterocycles. The highest BCUT2D eigenvalue weighted by Gasteiger charge is 2.03. The van der Waals surface area contributed by atoms with Crippen molar-refractivity contribution < 1.29 is 0 Å². The first-order valence-corrected chi connectivity index (χ1v) is 10.3. The maximum atomic E-state index is 4.75. The summed E-state index contributed by atoms with van der Waals surface area (Å²) in [7, 11) is 2.14. The summed E-state index contributed by atoms with van der Waals surface area (Å²) in [6, 6.07) is 10.8. The zero-order valence-electron chi connectivity index (χ0n) is 18.5. The highest BCUT2D eigenvalue weighted by Crippen LogP contribution is 2.09. The molecule has 0 saturated carbocycles. The quantitative estimate of drug-likeness (QED) is 0.221. The third kappa shape index (κ3) is 9.16. The molecule has 0 radical (unpaired) electrons. The Balaban J connectivity index is 0.00000420. The van der Waals surface area contributed by atoms with Crippen LogP contribution in [0, 0.1) is 13.8 Å². The first kappa shape index (κ1) is 25.4. The summed E-state index contributed by atoms with van der Waals surface area (Å²) in [5.74, 6) is 0.868. The third-order valence-corrected chi connectivity index (χ3v) is 4.69. The summed E-state index contributed by atoms with van der Waals surface area (Å²) in [6.45, 7) is 13.7. The molecule has 7 heteroatoms. The van der Waals surface area contributed by atoms with E-state index in [1.54, 1.807) is 0 Å². The van der Waals surface area contributed by atoms with Crippen LogP contribution in [-0.2, 0) is 19.6 Å². The molecule has 0 atom stereocenters. The Hall–Kier alpha value is -1.61. The number of hydrogen-bond acceptors (Lipinski definition) is 3. The van der Waals surface area contributed by atoms with Gasteiger partial charge in [0.1, 0.15) is 0 Å². The van der Waals surface area contributed by atoms with Crippen LogP contribution in [0.5, 0.6) is 0 Å². The van der Waals surface area contributed by atoms with Crippen molar-refractivity contribution in [2.75, 3.05) is 26.7 Å². The van der Waals surface area contributed by atoms with Gasteiger partial charge in [0.15, 0.2) is 5.96 Å². The van der Waals surface area contributed by atoms with Gasteiger partial charge in [0.25, 0.3) is 0 Å². The minimum absolute atomic E-state index is 0. The fourth-order valence-corrected chi connectivity index (χ4v) is 3.10. The second-order valence-electron chi connectivity index (χ2n) is 7.28. The molecule has 0 bridgehead atoms. The van der Waals surface area contributed by atoms with Gasteiger partial charge in [0, 0.05) is 31.9 Å². The smallest absolute Gasteiger partial charge is 0.191 e. The largest absolute Gasteiger partial charge is 0.357 e. The van der Waals surface area contributed by atoms with Crippen molar-refractivity contribution in [1.82, 2.24) is 25.3 Å². The number of aliphatic imine (C=N–C) groups is 1. The number of rotatable bonds is 10. The average Bonchev–Trinajstić information content (AvgIpc) is 3.00. The van der Waals surface area contributed by atoms with E-state index in [4.69, 9.17) is 4.99 Å². The highest BCUT2D eigenvalue weighted by molar-refractivity contribution is 14.0. The van der Waals surface area contributed by atoms with Crippen LogP contribution in [0.3, 0.4) is 0 Å². The van der Waals surface area contributed by atoms with Crippen LogP contribution in [0.1, 0.15) is 42.8 Å². The van der Waals surface area contributed by atoms with E-state index in [1.807, 2.05) is 6.92 Å². The number of benzene rings is 1. The molecule has 2 rings (SSSR count). The molecule has 29 heavy (non-hydrogen) atoms. The van der Waals surface area contributed by atoms with E-state index < -0.39 is 0 Å². The molecule has 0 aliphatic heterocycles. The number of hydrogen-bond donors (Lipinski definition) is 2. The predicted molar refractivity (Wildman–Crippen MR) is 133 cm³/mol. The fourth-order valence-electron chi connectivity index (χ4n) is 3.10. The van der Waals surface area contributed by atoms with Crippen molar-refractivity contribution >= 4 is 29.9 Å². The summed E-state index contributed by atoms with van der Waals surface area (Å²) in [5.41, 5.74) is 4.86. The molecule has 0 spiro atoms. The van der Waals surface area contributed by atoms with Crippen molar-refractivity contribution in [3.63, 3.8) is 0 Å². The Morgan fingerprint density at radius 3 is 2.55 bits per heavy atom. The van der Waals surface area contributed by atoms with Gasteiger partial charge in [0.05, 0.1) is 12.2 Å². The monoisotopic (exact) mass is 512 g/mol. The maximum Gasteiger partial charge on any atom is 0.191 e. The third-order valence-electron chi connectivity index (χ3n) is 4.69. The van der Waals surface area contributed by atoms with Crippen molar-refractivity contribution in [3.05, 3.63) is 52.8 Å². The van der Waals surface area contributed by atoms with E-state index in [-0.39, 0.29) is 24.0 Å². The van der Waals surface area contributed by atoms with E-state index in [9.17, 15) is 0 Å². The summed E-state index contributed by atoms with van der Waals surface area (Å²) in [4.78, 5) is 7.05. The summed E-state index contributed by atoms with van der Waals surface area (Å²) >= 11 is 0. The number of aromatic nitrogens is 2. The van der Waals surface area contributed by atoms with Gasteiger partial charge in [-0.1, -0.05) is 31.2 Å². The molecule has 0 unspecified atom stereocenters. The second kappa shape index (κ2) is 13.6. The Labute approximate surface area is 193 Å². The van der Waals surface area contributed by atoms with Gasteiger partial charge in [-0.25, -0.2) is 4.99 Å². The lowest BCUT2D eigenvalue weighted by atomic mass is 10.1. The Kier molecular flexibility index (Phi) is 11.9. The Morgan fingerprint density at radius 1 is 1.14 bits per heavy atom. The van der Waals surface area contributed by atoms with Crippen molar-refractivity contribution in [2.24, 2.45) is 4.99 Å². The van der Waals surface area contributed by atoms with Crippen LogP contribution in [0.25, 0.3) is 0 Å². The molecule has 1 aromatic heterocycles. The van der Waals surface area contributed by atoms with Crippen molar-refractivity contribution in [1.29, 1.82) is 0 Å². The lowest BCUT2D eigenvalue weighted by Crippen LogP contribution is -2.38. The van der Waals surface area contributed by atoms with Gasteiger partial charge in [-0.05, 0) is 58.0 Å². The van der Waals surface area contributed by atoms with Crippen LogP contribution < -0.4 is 10.6 Å². The van der Waals surface area contributed by atoms with E-state index in [2.05, 4.69) is 83.5 Å². The van der Waals surface area contributed by atoms with Crippen LogP contribution in [0.4, 0.5) is 0 Å². The molecular weight excluding hydrogens is 475 g/mol. The zero-order chi connectivity index (χ0) is 20.4. The molecule has 1 aromatic carbocycles. The molecule has 6 nitrogen and oxygen atoms in total. The van der Waals surface area contributed by atoms with Gasteiger partial charge in [-0.3, -0.25) is 4.68 Å². The van der Waals surface area contributed by atoms with Crippen LogP contribution in [0.2, 0.25) is 0 Å². The van der Waals surface area contributed by atoms with Gasteiger partial charge in [-0.2, -0.15) is 5.10 Å². The first-order valence-electron chi connectivity index (χ1n) is 10.3. The normalized spacial score (nSPS) is 11.4. The second-order valence-corrected chi connectivity index (χ2v) is 7.28. The van der Waals surface area contributed by atoms with Gasteiger partial charge >= 0.3 is 0 Å². The summed E-state index contributed by atoms with van der Waals surface area (Å²) in [6.07, 6.45) is 1.01. The average molecular weight is 512 g/mol.